The van der Waals surface area contributed by atoms with Gasteiger partial charge in [-0.25, -0.2) is 9.78 Å². The minimum absolute atomic E-state index is 0.0238. The molecule has 4 rings (SSSR count). The van der Waals surface area contributed by atoms with Crippen LogP contribution in [0, 0.1) is 6.92 Å². The highest BCUT2D eigenvalue weighted by Gasteiger charge is 2.24. The van der Waals surface area contributed by atoms with Crippen molar-refractivity contribution in [1.82, 2.24) is 9.55 Å². The zero-order chi connectivity index (χ0) is 17.6. The molecule has 0 aliphatic carbocycles. The summed E-state index contributed by atoms with van der Waals surface area (Å²) in [5.74, 6) is -1.06. The van der Waals surface area contributed by atoms with Crippen LogP contribution in [0.4, 0.5) is 0 Å². The van der Waals surface area contributed by atoms with Gasteiger partial charge in [0.25, 0.3) is 0 Å². The van der Waals surface area contributed by atoms with Gasteiger partial charge in [-0.2, -0.15) is 0 Å². The maximum Gasteiger partial charge on any atom is 0.356 e. The topological polar surface area (TPSA) is 67.5 Å². The number of hydrogen-bond donors (Lipinski definition) is 1. The summed E-state index contributed by atoms with van der Waals surface area (Å²) in [5, 5.41) is 9.99. The summed E-state index contributed by atoms with van der Waals surface area (Å²) in [7, 11) is 0. The standard InChI is InChI=1S/C19H14ClN3O2/c1-11-4-2-3-5-13(11)17-14-8-12(20)6-7-15(14)23-10-22-18(19(24)25)16(23)9-21-17/h2-8,10H,9H2,1H3,(H,24,25). The van der Waals surface area contributed by atoms with Gasteiger partial charge in [0.1, 0.15) is 6.33 Å². The second kappa shape index (κ2) is 5.86. The van der Waals surface area contributed by atoms with Crippen LogP contribution in [0.2, 0.25) is 5.02 Å². The number of carbonyl (C=O) groups is 1. The monoisotopic (exact) mass is 351 g/mol. The molecule has 0 radical (unpaired) electrons. The van der Waals surface area contributed by atoms with Crippen LogP contribution in [-0.2, 0) is 6.54 Å². The molecule has 0 saturated carbocycles. The number of aromatic nitrogens is 2. The van der Waals surface area contributed by atoms with E-state index in [-0.39, 0.29) is 12.2 Å². The maximum atomic E-state index is 11.5. The first kappa shape index (κ1) is 15.6. The molecule has 0 spiro atoms. The second-order valence-electron chi connectivity index (χ2n) is 5.86. The molecular formula is C19H14ClN3O2. The van der Waals surface area contributed by atoms with Gasteiger partial charge in [0.05, 0.1) is 23.6 Å². The third-order valence-corrected chi connectivity index (χ3v) is 4.56. The Balaban J connectivity index is 2.01. The van der Waals surface area contributed by atoms with E-state index in [1.54, 1.807) is 10.6 Å². The van der Waals surface area contributed by atoms with Crippen LogP contribution < -0.4 is 0 Å². The van der Waals surface area contributed by atoms with Crippen molar-refractivity contribution >= 4 is 23.3 Å². The number of rotatable bonds is 2. The van der Waals surface area contributed by atoms with Crippen molar-refractivity contribution in [3.8, 4) is 5.69 Å². The Morgan fingerprint density at radius 3 is 2.76 bits per heavy atom. The highest BCUT2D eigenvalue weighted by molar-refractivity contribution is 6.31. The zero-order valence-electron chi connectivity index (χ0n) is 13.4. The SMILES string of the molecule is Cc1ccccc1C1=NCc2c(C(=O)O)ncn2-c2ccc(Cl)cc21. The van der Waals surface area contributed by atoms with Gasteiger partial charge in [0.15, 0.2) is 5.69 Å². The maximum absolute atomic E-state index is 11.5. The molecule has 6 heteroatoms. The molecule has 1 N–H and O–H groups in total. The fraction of sp³-hybridized carbons (Fsp3) is 0.105. The molecule has 1 aliphatic rings. The van der Waals surface area contributed by atoms with Crippen LogP contribution in [0.1, 0.15) is 32.9 Å². The Morgan fingerprint density at radius 1 is 1.20 bits per heavy atom. The van der Waals surface area contributed by atoms with E-state index in [4.69, 9.17) is 16.6 Å². The van der Waals surface area contributed by atoms with E-state index >= 15 is 0 Å². The molecule has 124 valence electrons. The van der Waals surface area contributed by atoms with Crippen molar-refractivity contribution in [1.29, 1.82) is 0 Å². The quantitative estimate of drug-likeness (QED) is 0.761. The fourth-order valence-corrected chi connectivity index (χ4v) is 3.30. The highest BCUT2D eigenvalue weighted by Crippen LogP contribution is 2.29. The predicted octanol–water partition coefficient (Wildman–Crippen LogP) is 3.88. The Morgan fingerprint density at radius 2 is 2.00 bits per heavy atom. The summed E-state index contributed by atoms with van der Waals surface area (Å²) >= 11 is 6.23. The van der Waals surface area contributed by atoms with Crippen molar-refractivity contribution in [2.24, 2.45) is 4.99 Å². The van der Waals surface area contributed by atoms with E-state index in [0.717, 1.165) is 28.1 Å². The molecular weight excluding hydrogens is 338 g/mol. The number of fused-ring (bicyclic) bond motifs is 3. The molecule has 5 nitrogen and oxygen atoms in total. The fourth-order valence-electron chi connectivity index (χ4n) is 3.13. The Hall–Kier alpha value is -2.92. The highest BCUT2D eigenvalue weighted by atomic mass is 35.5. The Kier molecular flexibility index (Phi) is 3.66. The van der Waals surface area contributed by atoms with E-state index in [1.165, 1.54) is 6.33 Å². The number of aryl methyl sites for hydroxylation is 1. The van der Waals surface area contributed by atoms with Crippen molar-refractivity contribution in [2.75, 3.05) is 0 Å². The van der Waals surface area contributed by atoms with Gasteiger partial charge in [-0.05, 0) is 30.7 Å². The third kappa shape index (κ3) is 2.53. The summed E-state index contributed by atoms with van der Waals surface area (Å²) in [5.41, 5.74) is 5.15. The number of nitrogens with zero attached hydrogens (tertiary/aromatic N) is 3. The van der Waals surface area contributed by atoms with E-state index < -0.39 is 5.97 Å². The van der Waals surface area contributed by atoms with Gasteiger partial charge < -0.3 is 5.11 Å². The number of hydrogen-bond acceptors (Lipinski definition) is 3. The van der Waals surface area contributed by atoms with E-state index in [9.17, 15) is 9.90 Å². The Bertz CT molecular complexity index is 1040. The Labute approximate surface area is 149 Å². The summed E-state index contributed by atoms with van der Waals surface area (Å²) in [6.07, 6.45) is 1.53. The first-order valence-corrected chi connectivity index (χ1v) is 8.14. The molecule has 25 heavy (non-hydrogen) atoms. The van der Waals surface area contributed by atoms with E-state index in [1.807, 2.05) is 43.3 Å². The summed E-state index contributed by atoms with van der Waals surface area (Å²) in [6, 6.07) is 13.5. The van der Waals surface area contributed by atoms with Crippen LogP contribution in [0.25, 0.3) is 5.69 Å². The second-order valence-corrected chi connectivity index (χ2v) is 6.29. The van der Waals surface area contributed by atoms with Crippen LogP contribution in [-0.4, -0.2) is 26.3 Å². The smallest absolute Gasteiger partial charge is 0.356 e. The minimum Gasteiger partial charge on any atom is -0.476 e. The summed E-state index contributed by atoms with van der Waals surface area (Å²) in [4.78, 5) is 20.2. The average molecular weight is 352 g/mol. The number of carboxylic acids is 1. The molecule has 0 unspecified atom stereocenters. The molecule has 0 atom stereocenters. The van der Waals surface area contributed by atoms with Gasteiger partial charge >= 0.3 is 5.97 Å². The van der Waals surface area contributed by atoms with Gasteiger partial charge in [0, 0.05) is 16.1 Å². The zero-order valence-corrected chi connectivity index (χ0v) is 14.2. The number of imidazole rings is 1. The normalized spacial score (nSPS) is 12.8. The van der Waals surface area contributed by atoms with Crippen LogP contribution in [0.3, 0.4) is 0 Å². The van der Waals surface area contributed by atoms with Crippen LogP contribution in [0.15, 0.2) is 53.8 Å². The number of aliphatic imine (C=N–C) groups is 1. The molecule has 1 aliphatic heterocycles. The van der Waals surface area contributed by atoms with Gasteiger partial charge in [-0.1, -0.05) is 35.9 Å². The van der Waals surface area contributed by atoms with Crippen LogP contribution in [0.5, 0.6) is 0 Å². The van der Waals surface area contributed by atoms with Crippen molar-refractivity contribution in [2.45, 2.75) is 13.5 Å². The summed E-state index contributed by atoms with van der Waals surface area (Å²) < 4.78 is 1.78. The summed E-state index contributed by atoms with van der Waals surface area (Å²) in [6.45, 7) is 2.26. The largest absolute Gasteiger partial charge is 0.476 e. The first-order valence-electron chi connectivity index (χ1n) is 7.76. The lowest BCUT2D eigenvalue weighted by Crippen LogP contribution is -2.08. The molecule has 0 saturated heterocycles. The van der Waals surface area contributed by atoms with Crippen molar-refractivity contribution in [3.63, 3.8) is 0 Å². The van der Waals surface area contributed by atoms with E-state index in [0.29, 0.717) is 10.7 Å². The van der Waals surface area contributed by atoms with Crippen molar-refractivity contribution < 1.29 is 9.90 Å². The number of carboxylic acid groups (broad SMARTS) is 1. The molecule has 0 bridgehead atoms. The predicted molar refractivity (Wildman–Crippen MR) is 96.1 cm³/mol. The van der Waals surface area contributed by atoms with Gasteiger partial charge in [-0.15, -0.1) is 0 Å². The lowest BCUT2D eigenvalue weighted by molar-refractivity contribution is 0.0689. The van der Waals surface area contributed by atoms with E-state index in [2.05, 4.69) is 4.98 Å². The molecule has 1 aromatic heterocycles. The average Bonchev–Trinajstić information content (AvgIpc) is 2.94. The minimum atomic E-state index is -1.06. The van der Waals surface area contributed by atoms with Crippen LogP contribution >= 0.6 is 11.6 Å². The van der Waals surface area contributed by atoms with Gasteiger partial charge in [0.2, 0.25) is 0 Å². The molecule has 2 aromatic carbocycles. The number of aromatic carboxylic acids is 1. The molecule has 2 heterocycles. The molecule has 0 amide bonds. The van der Waals surface area contributed by atoms with Crippen molar-refractivity contribution in [3.05, 3.63) is 81.9 Å². The third-order valence-electron chi connectivity index (χ3n) is 4.33. The molecule has 3 aromatic rings. The van der Waals surface area contributed by atoms with Gasteiger partial charge in [-0.3, -0.25) is 9.56 Å². The lowest BCUT2D eigenvalue weighted by Gasteiger charge is -2.13. The lowest BCUT2D eigenvalue weighted by atomic mass is 9.97. The molecule has 0 fully saturated rings. The first-order chi connectivity index (χ1) is 12.1. The number of halogens is 1. The number of benzene rings is 2.